The van der Waals surface area contributed by atoms with Gasteiger partial charge in [0.1, 0.15) is 10.7 Å². The van der Waals surface area contributed by atoms with Gasteiger partial charge in [-0.05, 0) is 35.4 Å². The minimum atomic E-state index is -3.86. The van der Waals surface area contributed by atoms with Crippen molar-refractivity contribution in [2.45, 2.75) is 4.90 Å². The van der Waals surface area contributed by atoms with Crippen LogP contribution >= 0.6 is 0 Å². The summed E-state index contributed by atoms with van der Waals surface area (Å²) in [5, 5.41) is 0. The van der Waals surface area contributed by atoms with Gasteiger partial charge in [-0.25, -0.2) is 12.8 Å². The monoisotopic (exact) mass is 317 g/mol. The zero-order valence-corrected chi connectivity index (χ0v) is 12.3. The van der Waals surface area contributed by atoms with Crippen molar-refractivity contribution >= 4 is 21.3 Å². The van der Waals surface area contributed by atoms with E-state index in [1.54, 1.807) is 24.3 Å². The first-order valence-corrected chi connectivity index (χ1v) is 7.85. The lowest BCUT2D eigenvalue weighted by molar-refractivity contribution is 0.466. The number of sulfonamides is 1. The van der Waals surface area contributed by atoms with Crippen LogP contribution in [0.15, 0.2) is 60.5 Å². The van der Waals surface area contributed by atoms with Crippen LogP contribution < -0.4 is 9.46 Å². The molecule has 0 atom stereocenters. The predicted molar refractivity (Wildman–Crippen MR) is 83.0 cm³/mol. The van der Waals surface area contributed by atoms with Crippen molar-refractivity contribution in [3.63, 3.8) is 0 Å². The van der Waals surface area contributed by atoms with Crippen molar-refractivity contribution in [2.24, 2.45) is 0 Å². The molecule has 1 aliphatic rings. The number of benzene rings is 2. The van der Waals surface area contributed by atoms with Crippen molar-refractivity contribution in [2.75, 3.05) is 4.72 Å². The summed E-state index contributed by atoms with van der Waals surface area (Å²) in [5.41, 5.74) is 1.61. The maximum absolute atomic E-state index is 13.4. The average molecular weight is 317 g/mol. The quantitative estimate of drug-likeness (QED) is 0.854. The SMILES string of the molecule is C=CC(=C)c1ccc2c(c1)NS(=O)(=O)c1ccc(F)cc1O2. The molecule has 22 heavy (non-hydrogen) atoms. The van der Waals surface area contributed by atoms with Crippen LogP contribution in [0.2, 0.25) is 0 Å². The van der Waals surface area contributed by atoms with Gasteiger partial charge in [-0.2, -0.15) is 0 Å². The van der Waals surface area contributed by atoms with E-state index in [0.29, 0.717) is 11.1 Å². The first kappa shape index (κ1) is 14.3. The number of hydrogen-bond acceptors (Lipinski definition) is 3. The van der Waals surface area contributed by atoms with Crippen molar-refractivity contribution < 1.29 is 17.5 Å². The number of nitrogens with one attached hydrogen (secondary N) is 1. The summed E-state index contributed by atoms with van der Waals surface area (Å²) in [5.74, 6) is -0.343. The third-order valence-corrected chi connectivity index (χ3v) is 4.66. The molecule has 1 heterocycles. The Hall–Kier alpha value is -2.60. The third kappa shape index (κ3) is 2.37. The van der Waals surface area contributed by atoms with E-state index in [9.17, 15) is 12.8 Å². The molecule has 0 spiro atoms. The predicted octanol–water partition coefficient (Wildman–Crippen LogP) is 3.93. The molecule has 4 nitrogen and oxygen atoms in total. The number of halogens is 1. The summed E-state index contributed by atoms with van der Waals surface area (Å²) in [6.45, 7) is 7.44. The van der Waals surface area contributed by atoms with Gasteiger partial charge >= 0.3 is 0 Å². The molecule has 0 aromatic heterocycles. The molecule has 0 fully saturated rings. The highest BCUT2D eigenvalue weighted by Gasteiger charge is 2.26. The van der Waals surface area contributed by atoms with E-state index >= 15 is 0 Å². The second-order valence-corrected chi connectivity index (χ2v) is 6.39. The first-order chi connectivity index (χ1) is 10.4. The summed E-state index contributed by atoms with van der Waals surface area (Å²) < 4.78 is 46.1. The molecule has 1 aliphatic heterocycles. The fourth-order valence-electron chi connectivity index (χ4n) is 2.12. The maximum atomic E-state index is 13.4. The minimum Gasteiger partial charge on any atom is -0.454 e. The second kappa shape index (κ2) is 4.99. The summed E-state index contributed by atoms with van der Waals surface area (Å²) in [7, 11) is -3.86. The summed E-state index contributed by atoms with van der Waals surface area (Å²) >= 11 is 0. The van der Waals surface area contributed by atoms with E-state index < -0.39 is 15.8 Å². The zero-order chi connectivity index (χ0) is 15.9. The Labute approximate surface area is 127 Å². The molecule has 0 aliphatic carbocycles. The molecule has 2 aromatic carbocycles. The number of rotatable bonds is 2. The number of allylic oxidation sites excluding steroid dienone is 2. The van der Waals surface area contributed by atoms with E-state index in [-0.39, 0.29) is 22.1 Å². The lowest BCUT2D eigenvalue weighted by Crippen LogP contribution is -2.11. The van der Waals surface area contributed by atoms with Crippen LogP contribution in [0.3, 0.4) is 0 Å². The van der Waals surface area contributed by atoms with Crippen LogP contribution in [0.1, 0.15) is 5.56 Å². The van der Waals surface area contributed by atoms with Crippen molar-refractivity contribution in [1.82, 2.24) is 0 Å². The molecule has 3 rings (SSSR count). The van der Waals surface area contributed by atoms with E-state index in [4.69, 9.17) is 4.74 Å². The highest BCUT2D eigenvalue weighted by Crippen LogP contribution is 2.40. The van der Waals surface area contributed by atoms with Gasteiger partial charge < -0.3 is 4.74 Å². The normalized spacial score (nSPS) is 14.6. The summed E-state index contributed by atoms with van der Waals surface area (Å²) in [6.07, 6.45) is 1.57. The maximum Gasteiger partial charge on any atom is 0.265 e. The van der Waals surface area contributed by atoms with E-state index in [2.05, 4.69) is 17.9 Å². The van der Waals surface area contributed by atoms with Gasteiger partial charge in [-0.3, -0.25) is 4.72 Å². The molecule has 0 amide bonds. The Kier molecular flexibility index (Phi) is 3.26. The minimum absolute atomic E-state index is 0.0541. The third-order valence-electron chi connectivity index (χ3n) is 3.26. The van der Waals surface area contributed by atoms with Gasteiger partial charge in [0.05, 0.1) is 5.69 Å². The number of fused-ring (bicyclic) bond motifs is 2. The van der Waals surface area contributed by atoms with Crippen molar-refractivity contribution in [1.29, 1.82) is 0 Å². The lowest BCUT2D eigenvalue weighted by atomic mass is 10.1. The van der Waals surface area contributed by atoms with Crippen LogP contribution in [0.4, 0.5) is 10.1 Å². The van der Waals surface area contributed by atoms with Gasteiger partial charge in [-0.1, -0.05) is 25.3 Å². The van der Waals surface area contributed by atoms with E-state index in [0.717, 1.165) is 12.1 Å². The van der Waals surface area contributed by atoms with Gasteiger partial charge in [0.25, 0.3) is 10.0 Å². The fourth-order valence-corrected chi connectivity index (χ4v) is 3.29. The molecular formula is C16H12FNO3S. The molecule has 0 bridgehead atoms. The van der Waals surface area contributed by atoms with Crippen LogP contribution in [0.25, 0.3) is 5.57 Å². The van der Waals surface area contributed by atoms with Crippen LogP contribution in [-0.4, -0.2) is 8.42 Å². The molecule has 0 unspecified atom stereocenters. The highest BCUT2D eigenvalue weighted by atomic mass is 32.2. The van der Waals surface area contributed by atoms with Gasteiger partial charge in [0.15, 0.2) is 11.5 Å². The largest absolute Gasteiger partial charge is 0.454 e. The molecule has 6 heteroatoms. The van der Waals surface area contributed by atoms with E-state index in [1.807, 2.05) is 0 Å². The number of anilines is 1. The van der Waals surface area contributed by atoms with Crippen LogP contribution in [-0.2, 0) is 10.0 Å². The molecule has 0 saturated heterocycles. The fraction of sp³-hybridized carbons (Fsp3) is 0. The Balaban J connectivity index is 2.18. The van der Waals surface area contributed by atoms with Crippen molar-refractivity contribution in [3.8, 4) is 11.5 Å². The van der Waals surface area contributed by atoms with Crippen LogP contribution in [0.5, 0.6) is 11.5 Å². The van der Waals surface area contributed by atoms with Gasteiger partial charge in [0.2, 0.25) is 0 Å². The smallest absolute Gasteiger partial charge is 0.265 e. The summed E-state index contributed by atoms with van der Waals surface area (Å²) in [4.78, 5) is -0.116. The van der Waals surface area contributed by atoms with Gasteiger partial charge in [-0.15, -0.1) is 0 Å². The Morgan fingerprint density at radius 2 is 1.95 bits per heavy atom. The second-order valence-electron chi connectivity index (χ2n) is 4.74. The number of ether oxygens (including phenoxy) is 1. The Bertz CT molecular complexity index is 904. The van der Waals surface area contributed by atoms with Gasteiger partial charge in [0, 0.05) is 6.07 Å². The Morgan fingerprint density at radius 1 is 1.18 bits per heavy atom. The Morgan fingerprint density at radius 3 is 2.68 bits per heavy atom. The first-order valence-electron chi connectivity index (χ1n) is 6.37. The van der Waals surface area contributed by atoms with E-state index in [1.165, 1.54) is 6.07 Å². The average Bonchev–Trinajstić information content (AvgIpc) is 2.58. The van der Waals surface area contributed by atoms with Crippen LogP contribution in [0, 0.1) is 5.82 Å². The topological polar surface area (TPSA) is 55.4 Å². The lowest BCUT2D eigenvalue weighted by Gasteiger charge is -2.09. The van der Waals surface area contributed by atoms with Crippen molar-refractivity contribution in [3.05, 3.63) is 67.0 Å². The number of hydrogen-bond donors (Lipinski definition) is 1. The molecule has 1 N–H and O–H groups in total. The zero-order valence-electron chi connectivity index (χ0n) is 11.5. The summed E-state index contributed by atoms with van der Waals surface area (Å²) in [6, 6.07) is 8.20. The highest BCUT2D eigenvalue weighted by molar-refractivity contribution is 7.92. The molecule has 0 saturated carbocycles. The molecular weight excluding hydrogens is 305 g/mol. The molecule has 2 aromatic rings. The standard InChI is InChI=1S/C16H12FNO3S/c1-3-10(2)11-4-6-14-13(8-11)18-22(19,20)16-7-5-12(17)9-15(16)21-14/h3-9,18H,1-2H2. The molecule has 112 valence electrons. The molecule has 0 radical (unpaired) electrons.